The summed E-state index contributed by atoms with van der Waals surface area (Å²) < 4.78 is 0. The molecule has 0 rings (SSSR count). The van der Waals surface area contributed by atoms with Crippen LogP contribution in [0.25, 0.3) is 0 Å². The topological polar surface area (TPSA) is 26.0 Å². The van der Waals surface area contributed by atoms with Gasteiger partial charge in [-0.15, -0.1) is 0 Å². The Labute approximate surface area is 65.8 Å². The van der Waals surface area contributed by atoms with E-state index >= 15 is 0 Å². The van der Waals surface area contributed by atoms with Gasteiger partial charge in [-0.25, -0.2) is 0 Å². The van der Waals surface area contributed by atoms with E-state index in [-0.39, 0.29) is 0 Å². The molecule has 0 aromatic carbocycles. The molecule has 0 heterocycles. The quantitative estimate of drug-likeness (QED) is 0.693. The molecule has 0 saturated heterocycles. The van der Waals surface area contributed by atoms with Crippen molar-refractivity contribution in [3.63, 3.8) is 0 Å². The summed E-state index contributed by atoms with van der Waals surface area (Å²) in [6, 6.07) is 0. The zero-order valence-corrected chi connectivity index (χ0v) is 9.64. The molecule has 0 atom stereocenters. The summed E-state index contributed by atoms with van der Waals surface area (Å²) in [6.45, 7) is 2.98. The molecule has 52 valence electrons. The predicted molar refractivity (Wildman–Crippen MR) is 44.2 cm³/mol. The number of unbranched alkanes of at least 4 members (excludes halogenated alkanes) is 1. The summed E-state index contributed by atoms with van der Waals surface area (Å²) in [6.07, 6.45) is 2.39. The van der Waals surface area contributed by atoms with Gasteiger partial charge in [-0.3, -0.25) is 0 Å². The fraction of sp³-hybridized carbons (Fsp3) is 1.00. The number of nitrogens with two attached hydrogens (primary N) is 1. The predicted octanol–water partition coefficient (Wildman–Crippen LogP) is 1.21. The Morgan fingerprint density at radius 3 is 1.88 bits per heavy atom. The van der Waals surface area contributed by atoms with Gasteiger partial charge in [0.25, 0.3) is 0 Å². The van der Waals surface area contributed by atoms with Crippen LogP contribution in [0.3, 0.4) is 0 Å². The van der Waals surface area contributed by atoms with E-state index < -0.39 is 13.6 Å². The minimum absolute atomic E-state index is 0.844. The van der Waals surface area contributed by atoms with Crippen LogP contribution in [0.5, 0.6) is 0 Å². The summed E-state index contributed by atoms with van der Waals surface area (Å²) in [5, 5.41) is 0. The summed E-state index contributed by atoms with van der Waals surface area (Å²) in [5.74, 6) is 0. The third kappa shape index (κ3) is 27.6. The zero-order valence-electron chi connectivity index (χ0n) is 5.16. The van der Waals surface area contributed by atoms with E-state index in [9.17, 15) is 0 Å². The van der Waals surface area contributed by atoms with Gasteiger partial charge in [0.2, 0.25) is 0 Å². The Hall–Kier alpha value is 1.08. The van der Waals surface area contributed by atoms with Crippen molar-refractivity contribution in [2.75, 3.05) is 6.54 Å². The number of halogens is 2. The monoisotopic (exact) mass is 219 g/mol. The second-order valence-corrected chi connectivity index (χ2v) is 5.87. The fourth-order valence-corrected chi connectivity index (χ4v) is 0.204. The van der Waals surface area contributed by atoms with Crippen LogP contribution in [0.1, 0.15) is 19.8 Å². The molecule has 2 N–H and O–H groups in total. The molecule has 4 heteroatoms. The standard InChI is InChI=1S/C4H11N.Cl2GeH2/c1-2-3-4-5;1-3-2/h2-5H2,1H3;3H2. The molecule has 0 spiro atoms. The van der Waals surface area contributed by atoms with Crippen LogP contribution in [-0.2, 0) is 0 Å². The third-order valence-electron chi connectivity index (χ3n) is 0.558. The van der Waals surface area contributed by atoms with Gasteiger partial charge >= 0.3 is 33.6 Å². The van der Waals surface area contributed by atoms with Crippen LogP contribution in [0.2, 0.25) is 0 Å². The van der Waals surface area contributed by atoms with Gasteiger partial charge < -0.3 is 5.73 Å². The second-order valence-electron chi connectivity index (χ2n) is 1.24. The molecule has 0 aromatic heterocycles. The van der Waals surface area contributed by atoms with Crippen molar-refractivity contribution in [1.29, 1.82) is 0 Å². The van der Waals surface area contributed by atoms with Crippen molar-refractivity contribution in [2.24, 2.45) is 5.73 Å². The minimum atomic E-state index is -0.931. The average Bonchev–Trinajstić information content (AvgIpc) is 1.71. The molecule has 0 fully saturated rings. The molecule has 0 aliphatic rings. The van der Waals surface area contributed by atoms with Crippen LogP contribution in [-0.4, -0.2) is 20.1 Å². The molecule has 0 amide bonds. The first-order chi connectivity index (χ1) is 3.83. The molecular formula is C4H13Cl2GeN. The van der Waals surface area contributed by atoms with Gasteiger partial charge in [0.1, 0.15) is 0 Å². The first-order valence-corrected chi connectivity index (χ1v) is 10.4. The fourth-order valence-electron chi connectivity index (χ4n) is 0.204. The van der Waals surface area contributed by atoms with Gasteiger partial charge in [0.15, 0.2) is 0 Å². The normalized spacial score (nSPS) is 7.50. The maximum atomic E-state index is 5.14. The summed E-state index contributed by atoms with van der Waals surface area (Å²) in [4.78, 5) is 0. The Balaban J connectivity index is 0. The molecule has 0 radical (unpaired) electrons. The SMILES string of the molecule is CCCCN.[Cl][GeH2][Cl]. The Bertz CT molecular complexity index is 28.0. The molecule has 0 aromatic rings. The first kappa shape index (κ1) is 11.8. The Morgan fingerprint density at radius 1 is 1.50 bits per heavy atom. The van der Waals surface area contributed by atoms with E-state index in [1.54, 1.807) is 0 Å². The van der Waals surface area contributed by atoms with Crippen LogP contribution in [0, 0.1) is 0 Å². The number of hydrogen-bond acceptors (Lipinski definition) is 1. The molecule has 0 unspecified atom stereocenters. The zero-order chi connectivity index (χ0) is 6.83. The van der Waals surface area contributed by atoms with E-state index in [4.69, 9.17) is 25.8 Å². The number of rotatable bonds is 2. The number of hydrogen-bond donors (Lipinski definition) is 1. The van der Waals surface area contributed by atoms with E-state index in [2.05, 4.69) is 6.92 Å². The third-order valence-corrected chi connectivity index (χ3v) is 0.558. The van der Waals surface area contributed by atoms with E-state index in [0.717, 1.165) is 6.54 Å². The van der Waals surface area contributed by atoms with Crippen LogP contribution in [0.15, 0.2) is 0 Å². The van der Waals surface area contributed by atoms with Gasteiger partial charge in [-0.05, 0) is 13.0 Å². The molecule has 0 aliphatic heterocycles. The van der Waals surface area contributed by atoms with E-state index in [1.165, 1.54) is 12.8 Å². The molecule has 0 aliphatic carbocycles. The van der Waals surface area contributed by atoms with Crippen molar-refractivity contribution < 1.29 is 0 Å². The van der Waals surface area contributed by atoms with Crippen LogP contribution < -0.4 is 5.73 Å². The molecule has 1 nitrogen and oxygen atoms in total. The molecular weight excluding hydrogens is 206 g/mol. The first-order valence-electron chi connectivity index (χ1n) is 2.65. The molecule has 8 heavy (non-hydrogen) atoms. The summed E-state index contributed by atoms with van der Waals surface area (Å²) >= 11 is -0.931. The Morgan fingerprint density at radius 2 is 1.88 bits per heavy atom. The Kier molecular flexibility index (Phi) is 23.2. The second kappa shape index (κ2) is 15.7. The van der Waals surface area contributed by atoms with E-state index in [0.29, 0.717) is 0 Å². The van der Waals surface area contributed by atoms with Gasteiger partial charge in [0, 0.05) is 0 Å². The average molecular weight is 219 g/mol. The van der Waals surface area contributed by atoms with Crippen molar-refractivity contribution in [3.8, 4) is 0 Å². The molecule has 0 bridgehead atoms. The van der Waals surface area contributed by atoms with Crippen LogP contribution in [0.4, 0.5) is 0 Å². The van der Waals surface area contributed by atoms with Gasteiger partial charge in [-0.1, -0.05) is 13.3 Å². The van der Waals surface area contributed by atoms with Crippen LogP contribution >= 0.6 is 20.0 Å². The maximum absolute atomic E-state index is 5.14. The van der Waals surface area contributed by atoms with Crippen molar-refractivity contribution in [2.45, 2.75) is 19.8 Å². The van der Waals surface area contributed by atoms with E-state index in [1.807, 2.05) is 0 Å². The summed E-state index contributed by atoms with van der Waals surface area (Å²) in [7, 11) is 9.90. The van der Waals surface area contributed by atoms with Crippen molar-refractivity contribution >= 4 is 33.6 Å². The van der Waals surface area contributed by atoms with Gasteiger partial charge in [-0.2, -0.15) is 0 Å². The van der Waals surface area contributed by atoms with Crippen molar-refractivity contribution in [3.05, 3.63) is 0 Å². The molecule has 0 saturated carbocycles. The van der Waals surface area contributed by atoms with Gasteiger partial charge in [0.05, 0.1) is 0 Å². The van der Waals surface area contributed by atoms with Crippen molar-refractivity contribution in [1.82, 2.24) is 0 Å². The summed E-state index contributed by atoms with van der Waals surface area (Å²) in [5.41, 5.74) is 5.14.